The highest BCUT2D eigenvalue weighted by Crippen LogP contribution is 2.49. The molecule has 10 heteroatoms. The lowest BCUT2D eigenvalue weighted by molar-refractivity contribution is -0.146. The van der Waals surface area contributed by atoms with Crippen molar-refractivity contribution in [1.82, 2.24) is 19.4 Å². The van der Waals surface area contributed by atoms with Crippen LogP contribution in [0.1, 0.15) is 74.6 Å². The van der Waals surface area contributed by atoms with Crippen molar-refractivity contribution in [3.8, 4) is 5.88 Å². The molecule has 180 valence electrons. The standard InChI is InChI=1S/C24H27F2N5O3/c1-14(2)34-21-15(20(32)29-18-6-4-5-16(27-18)19(25)26)11-31-12-17(28-22(31)30-21)24-9-7-23(3,8-10-24)33-13-24/h4-6,11-12,14,19H,7-10,13H2,1-3H3,(H,27,29,32). The van der Waals surface area contributed by atoms with E-state index in [1.54, 1.807) is 10.6 Å². The zero-order chi connectivity index (χ0) is 24.1. The highest BCUT2D eigenvalue weighted by atomic mass is 19.3. The second kappa shape index (κ2) is 8.26. The Morgan fingerprint density at radius 2 is 1.91 bits per heavy atom. The molecule has 2 bridgehead atoms. The van der Waals surface area contributed by atoms with Crippen LogP contribution in [0.25, 0.3) is 5.78 Å². The van der Waals surface area contributed by atoms with Crippen molar-refractivity contribution in [2.75, 3.05) is 11.9 Å². The monoisotopic (exact) mass is 471 g/mol. The molecular weight excluding hydrogens is 444 g/mol. The quantitative estimate of drug-likeness (QED) is 0.560. The first-order chi connectivity index (χ1) is 16.2. The lowest BCUT2D eigenvalue weighted by Crippen LogP contribution is -2.51. The normalized spacial score (nSPS) is 24.2. The van der Waals surface area contributed by atoms with Gasteiger partial charge in [0.15, 0.2) is 0 Å². The van der Waals surface area contributed by atoms with Crippen LogP contribution in [0.2, 0.25) is 0 Å². The molecule has 6 rings (SSSR count). The van der Waals surface area contributed by atoms with Crippen LogP contribution in [0.4, 0.5) is 14.6 Å². The molecule has 0 aromatic carbocycles. The molecule has 3 aromatic rings. The zero-order valence-electron chi connectivity index (χ0n) is 19.3. The fourth-order valence-electron chi connectivity index (χ4n) is 4.65. The molecule has 1 N–H and O–H groups in total. The lowest BCUT2D eigenvalue weighted by atomic mass is 9.65. The Labute approximate surface area is 195 Å². The minimum atomic E-state index is -2.74. The van der Waals surface area contributed by atoms with Gasteiger partial charge in [-0.15, -0.1) is 0 Å². The molecule has 5 heterocycles. The summed E-state index contributed by atoms with van der Waals surface area (Å²) in [5.41, 5.74) is 0.427. The molecule has 0 radical (unpaired) electrons. The number of ether oxygens (including phenoxy) is 2. The fourth-order valence-corrected chi connectivity index (χ4v) is 4.65. The van der Waals surface area contributed by atoms with E-state index in [-0.39, 0.29) is 34.4 Å². The van der Waals surface area contributed by atoms with Gasteiger partial charge in [0.05, 0.1) is 24.0 Å². The maximum absolute atomic E-state index is 13.1. The number of alkyl halides is 2. The fraction of sp³-hybridized carbons (Fsp3) is 0.500. The van der Waals surface area contributed by atoms with E-state index in [0.717, 1.165) is 31.4 Å². The Morgan fingerprint density at radius 3 is 2.56 bits per heavy atom. The SMILES string of the molecule is CC(C)Oc1nc2nc(C34CCC(C)(CC3)OC4)cn2cc1C(=O)Nc1cccc(C(F)F)n1. The number of hydrogen-bond acceptors (Lipinski definition) is 6. The molecule has 1 saturated carbocycles. The van der Waals surface area contributed by atoms with Crippen LogP contribution in [0.3, 0.4) is 0 Å². The molecule has 3 aliphatic rings. The van der Waals surface area contributed by atoms with Crippen LogP contribution in [-0.2, 0) is 10.2 Å². The topological polar surface area (TPSA) is 90.6 Å². The molecule has 3 aromatic heterocycles. The van der Waals surface area contributed by atoms with E-state index >= 15 is 0 Å². The molecule has 2 saturated heterocycles. The molecule has 0 unspecified atom stereocenters. The number of fused-ring (bicyclic) bond motifs is 4. The van der Waals surface area contributed by atoms with Crippen molar-refractivity contribution < 1.29 is 23.0 Å². The lowest BCUT2D eigenvalue weighted by Gasteiger charge is -2.51. The van der Waals surface area contributed by atoms with Crippen LogP contribution in [0.5, 0.6) is 5.88 Å². The molecular formula is C24H27F2N5O3. The number of carbonyl (C=O) groups excluding carboxylic acids is 1. The first-order valence-corrected chi connectivity index (χ1v) is 11.4. The summed E-state index contributed by atoms with van der Waals surface area (Å²) in [4.78, 5) is 26.2. The Balaban J connectivity index is 1.49. The molecule has 34 heavy (non-hydrogen) atoms. The number of rotatable bonds is 6. The summed E-state index contributed by atoms with van der Waals surface area (Å²) < 4.78 is 39.7. The third-order valence-electron chi connectivity index (χ3n) is 6.75. The van der Waals surface area contributed by atoms with E-state index < -0.39 is 18.0 Å². The third-order valence-corrected chi connectivity index (χ3v) is 6.75. The smallest absolute Gasteiger partial charge is 0.280 e. The molecule has 3 fully saturated rings. The van der Waals surface area contributed by atoms with Crippen LogP contribution < -0.4 is 10.1 Å². The second-order valence-corrected chi connectivity index (χ2v) is 9.68. The van der Waals surface area contributed by atoms with Gasteiger partial charge in [-0.05, 0) is 58.6 Å². The highest BCUT2D eigenvalue weighted by molar-refractivity contribution is 6.05. The number of anilines is 1. The van der Waals surface area contributed by atoms with Gasteiger partial charge in [-0.3, -0.25) is 9.20 Å². The van der Waals surface area contributed by atoms with Crippen molar-refractivity contribution in [2.24, 2.45) is 0 Å². The molecule has 1 aliphatic carbocycles. The third kappa shape index (κ3) is 4.11. The second-order valence-electron chi connectivity index (χ2n) is 9.68. The summed E-state index contributed by atoms with van der Waals surface area (Å²) in [6.07, 6.45) is 4.46. The van der Waals surface area contributed by atoms with E-state index in [0.29, 0.717) is 12.4 Å². The largest absolute Gasteiger partial charge is 0.474 e. The van der Waals surface area contributed by atoms with Crippen LogP contribution in [-0.4, -0.2) is 43.6 Å². The van der Waals surface area contributed by atoms with Gasteiger partial charge in [-0.2, -0.15) is 4.98 Å². The van der Waals surface area contributed by atoms with Crippen molar-refractivity contribution >= 4 is 17.5 Å². The molecule has 1 amide bonds. The van der Waals surface area contributed by atoms with Crippen molar-refractivity contribution in [3.05, 3.63) is 47.5 Å². The number of pyridine rings is 1. The number of imidazole rings is 1. The molecule has 2 aliphatic heterocycles. The van der Waals surface area contributed by atoms with E-state index in [9.17, 15) is 13.6 Å². The number of amides is 1. The summed E-state index contributed by atoms with van der Waals surface area (Å²) in [6, 6.07) is 4.07. The number of nitrogens with one attached hydrogen (secondary N) is 1. The Kier molecular flexibility index (Phi) is 5.50. The number of nitrogens with zero attached hydrogens (tertiary/aromatic N) is 4. The Bertz CT molecular complexity index is 1220. The van der Waals surface area contributed by atoms with Crippen molar-refractivity contribution in [3.63, 3.8) is 0 Å². The van der Waals surface area contributed by atoms with E-state index in [2.05, 4.69) is 22.2 Å². The van der Waals surface area contributed by atoms with Gasteiger partial charge < -0.3 is 14.8 Å². The molecule has 0 spiro atoms. The summed E-state index contributed by atoms with van der Waals surface area (Å²) in [6.45, 7) is 6.43. The summed E-state index contributed by atoms with van der Waals surface area (Å²) >= 11 is 0. The van der Waals surface area contributed by atoms with E-state index in [4.69, 9.17) is 14.5 Å². The number of hydrogen-bond donors (Lipinski definition) is 1. The van der Waals surface area contributed by atoms with Crippen LogP contribution in [0.15, 0.2) is 30.6 Å². The summed E-state index contributed by atoms with van der Waals surface area (Å²) in [5, 5.41) is 2.57. The van der Waals surface area contributed by atoms with Gasteiger partial charge in [-0.25, -0.2) is 18.7 Å². The predicted molar refractivity (Wildman–Crippen MR) is 120 cm³/mol. The van der Waals surface area contributed by atoms with Crippen LogP contribution >= 0.6 is 0 Å². The average molecular weight is 472 g/mol. The van der Waals surface area contributed by atoms with Gasteiger partial charge in [-0.1, -0.05) is 6.07 Å². The average Bonchev–Trinajstić information content (AvgIpc) is 3.23. The van der Waals surface area contributed by atoms with Crippen LogP contribution in [0, 0.1) is 0 Å². The highest BCUT2D eigenvalue weighted by Gasteiger charge is 2.49. The molecule has 0 atom stereocenters. The Hall–Kier alpha value is -3.14. The van der Waals surface area contributed by atoms with E-state index in [1.165, 1.54) is 18.2 Å². The maximum atomic E-state index is 13.1. The van der Waals surface area contributed by atoms with Crippen molar-refractivity contribution in [2.45, 2.75) is 70.0 Å². The van der Waals surface area contributed by atoms with Gasteiger partial charge in [0.1, 0.15) is 17.1 Å². The van der Waals surface area contributed by atoms with Gasteiger partial charge >= 0.3 is 0 Å². The first-order valence-electron chi connectivity index (χ1n) is 11.4. The minimum Gasteiger partial charge on any atom is -0.474 e. The number of aromatic nitrogens is 4. The van der Waals surface area contributed by atoms with Gasteiger partial charge in [0.2, 0.25) is 11.7 Å². The molecule has 8 nitrogen and oxygen atoms in total. The first kappa shape index (κ1) is 22.6. The number of carbonyl (C=O) groups is 1. The number of halogens is 2. The summed E-state index contributed by atoms with van der Waals surface area (Å²) in [7, 11) is 0. The maximum Gasteiger partial charge on any atom is 0.280 e. The van der Waals surface area contributed by atoms with E-state index in [1.807, 2.05) is 20.0 Å². The Morgan fingerprint density at radius 1 is 1.15 bits per heavy atom. The van der Waals surface area contributed by atoms with Gasteiger partial charge in [0.25, 0.3) is 12.3 Å². The summed E-state index contributed by atoms with van der Waals surface area (Å²) in [5.74, 6) is 0.00380. The predicted octanol–water partition coefficient (Wildman–Crippen LogP) is 4.70. The van der Waals surface area contributed by atoms with Gasteiger partial charge in [0, 0.05) is 17.8 Å². The zero-order valence-corrected chi connectivity index (χ0v) is 19.3. The minimum absolute atomic E-state index is 0.0215. The van der Waals surface area contributed by atoms with Crippen molar-refractivity contribution in [1.29, 1.82) is 0 Å².